The molecule has 0 unspecified atom stereocenters. The van der Waals surface area contributed by atoms with Crippen molar-refractivity contribution < 1.29 is 10.0 Å². The molecule has 0 heterocycles. The number of aliphatic hydroxyl groups is 1. The number of halogens is 2. The smallest absolute Gasteiger partial charge is 0.269 e. The van der Waals surface area contributed by atoms with Gasteiger partial charge in [-0.3, -0.25) is 10.1 Å². The fraction of sp³-hybridized carbons (Fsp3) is 0.455. The number of nitrogens with zero attached hydrogens (tertiary/aromatic N) is 1. The number of aliphatic hydroxyl groups excluding tert-OH is 1. The number of hydrogen-bond acceptors (Lipinski definition) is 5. The van der Waals surface area contributed by atoms with E-state index in [0.717, 1.165) is 18.7 Å². The summed E-state index contributed by atoms with van der Waals surface area (Å²) in [6, 6.07) is 6.57. The average molecular weight is 312 g/mol. The minimum absolute atomic E-state index is 0. The first-order valence-corrected chi connectivity index (χ1v) is 5.49. The second-order valence-electron chi connectivity index (χ2n) is 3.58. The van der Waals surface area contributed by atoms with E-state index in [1.165, 1.54) is 6.07 Å². The summed E-state index contributed by atoms with van der Waals surface area (Å²) >= 11 is 0. The van der Waals surface area contributed by atoms with Crippen molar-refractivity contribution in [2.75, 3.05) is 26.2 Å². The lowest BCUT2D eigenvalue weighted by Gasteiger charge is -2.05. The number of hydrogen-bond donors (Lipinski definition) is 3. The molecule has 19 heavy (non-hydrogen) atoms. The van der Waals surface area contributed by atoms with Gasteiger partial charge in [0.2, 0.25) is 0 Å². The van der Waals surface area contributed by atoms with Gasteiger partial charge in [0.15, 0.2) is 0 Å². The van der Waals surface area contributed by atoms with Crippen LogP contribution in [0.5, 0.6) is 0 Å². The quantitative estimate of drug-likeness (QED) is 0.380. The number of non-ortho nitro benzene ring substituents is 1. The van der Waals surface area contributed by atoms with Crippen molar-refractivity contribution in [1.82, 2.24) is 10.6 Å². The fourth-order valence-electron chi connectivity index (χ4n) is 1.39. The van der Waals surface area contributed by atoms with Gasteiger partial charge in [0.05, 0.1) is 11.5 Å². The van der Waals surface area contributed by atoms with Crippen LogP contribution in [0.15, 0.2) is 24.3 Å². The summed E-state index contributed by atoms with van der Waals surface area (Å²) in [6.45, 7) is 2.82. The van der Waals surface area contributed by atoms with Crippen LogP contribution in [0, 0.1) is 10.1 Å². The monoisotopic (exact) mass is 311 g/mol. The van der Waals surface area contributed by atoms with E-state index in [0.29, 0.717) is 13.1 Å². The molecule has 0 spiro atoms. The van der Waals surface area contributed by atoms with Crippen molar-refractivity contribution in [2.45, 2.75) is 6.54 Å². The SMILES string of the molecule is Cl.Cl.O=[N+]([O-])c1cccc(CNCCNCCO)c1. The minimum Gasteiger partial charge on any atom is -0.395 e. The van der Waals surface area contributed by atoms with Gasteiger partial charge < -0.3 is 15.7 Å². The largest absolute Gasteiger partial charge is 0.395 e. The Kier molecular flexibility index (Phi) is 13.0. The number of nitro groups is 1. The molecule has 0 aliphatic heterocycles. The van der Waals surface area contributed by atoms with E-state index in [9.17, 15) is 10.1 Å². The second kappa shape index (κ2) is 12.1. The Morgan fingerprint density at radius 2 is 1.84 bits per heavy atom. The van der Waals surface area contributed by atoms with Crippen LogP contribution in [-0.2, 0) is 6.54 Å². The Hall–Kier alpha value is -0.920. The van der Waals surface area contributed by atoms with Gasteiger partial charge in [-0.25, -0.2) is 0 Å². The number of nitro benzene ring substituents is 1. The highest BCUT2D eigenvalue weighted by Crippen LogP contribution is 2.12. The van der Waals surface area contributed by atoms with E-state index in [4.69, 9.17) is 5.11 Å². The van der Waals surface area contributed by atoms with Gasteiger partial charge in [0.25, 0.3) is 5.69 Å². The van der Waals surface area contributed by atoms with Gasteiger partial charge in [-0.15, -0.1) is 24.8 Å². The molecule has 6 nitrogen and oxygen atoms in total. The summed E-state index contributed by atoms with van der Waals surface area (Å²) in [6.07, 6.45) is 0. The molecule has 0 radical (unpaired) electrons. The molecule has 0 fully saturated rings. The van der Waals surface area contributed by atoms with Crippen LogP contribution in [0.2, 0.25) is 0 Å². The van der Waals surface area contributed by atoms with E-state index in [2.05, 4.69) is 10.6 Å². The lowest BCUT2D eigenvalue weighted by atomic mass is 10.2. The topological polar surface area (TPSA) is 87.4 Å². The molecule has 0 aliphatic carbocycles. The van der Waals surface area contributed by atoms with E-state index in [-0.39, 0.29) is 37.1 Å². The molecular weight excluding hydrogens is 293 g/mol. The van der Waals surface area contributed by atoms with Crippen LogP contribution in [0.3, 0.4) is 0 Å². The summed E-state index contributed by atoms with van der Waals surface area (Å²) < 4.78 is 0. The molecule has 0 amide bonds. The third kappa shape index (κ3) is 8.74. The van der Waals surface area contributed by atoms with Gasteiger partial charge in [-0.05, 0) is 5.56 Å². The van der Waals surface area contributed by atoms with Crippen LogP contribution in [-0.4, -0.2) is 36.3 Å². The molecule has 0 aromatic heterocycles. The maximum atomic E-state index is 10.6. The second-order valence-corrected chi connectivity index (χ2v) is 3.58. The molecule has 0 bridgehead atoms. The van der Waals surface area contributed by atoms with Gasteiger partial charge in [0, 0.05) is 38.3 Å². The number of nitrogens with one attached hydrogen (secondary N) is 2. The molecule has 0 aliphatic rings. The van der Waals surface area contributed by atoms with Crippen LogP contribution >= 0.6 is 24.8 Å². The predicted octanol–water partition coefficient (Wildman–Crippen LogP) is 1.11. The highest BCUT2D eigenvalue weighted by molar-refractivity contribution is 5.85. The van der Waals surface area contributed by atoms with E-state index >= 15 is 0 Å². The number of rotatable bonds is 8. The molecule has 0 atom stereocenters. The zero-order chi connectivity index (χ0) is 12.5. The van der Waals surface area contributed by atoms with Gasteiger partial charge in [-0.1, -0.05) is 12.1 Å². The van der Waals surface area contributed by atoms with E-state index < -0.39 is 4.92 Å². The minimum atomic E-state index is -0.397. The first kappa shape index (κ1) is 20.4. The Morgan fingerprint density at radius 1 is 1.16 bits per heavy atom. The normalized spacial score (nSPS) is 9.32. The van der Waals surface area contributed by atoms with Gasteiger partial charge >= 0.3 is 0 Å². The van der Waals surface area contributed by atoms with Gasteiger partial charge in [0.1, 0.15) is 0 Å². The molecule has 3 N–H and O–H groups in total. The molecule has 0 saturated heterocycles. The fourth-order valence-corrected chi connectivity index (χ4v) is 1.39. The zero-order valence-electron chi connectivity index (χ0n) is 10.4. The van der Waals surface area contributed by atoms with E-state index in [1.54, 1.807) is 12.1 Å². The van der Waals surface area contributed by atoms with Crippen LogP contribution in [0.4, 0.5) is 5.69 Å². The molecular formula is C11H19Cl2N3O3. The Morgan fingerprint density at radius 3 is 2.47 bits per heavy atom. The lowest BCUT2D eigenvalue weighted by Crippen LogP contribution is -2.28. The zero-order valence-corrected chi connectivity index (χ0v) is 12.0. The summed E-state index contributed by atoms with van der Waals surface area (Å²) in [5.41, 5.74) is 1.00. The average Bonchev–Trinajstić information content (AvgIpc) is 2.34. The maximum absolute atomic E-state index is 10.6. The molecule has 110 valence electrons. The molecule has 1 aromatic rings. The first-order valence-electron chi connectivity index (χ1n) is 5.49. The van der Waals surface area contributed by atoms with Gasteiger partial charge in [-0.2, -0.15) is 0 Å². The highest BCUT2D eigenvalue weighted by atomic mass is 35.5. The van der Waals surface area contributed by atoms with Crippen molar-refractivity contribution in [3.63, 3.8) is 0 Å². The summed E-state index contributed by atoms with van der Waals surface area (Å²) in [7, 11) is 0. The van der Waals surface area contributed by atoms with Crippen molar-refractivity contribution in [1.29, 1.82) is 0 Å². The predicted molar refractivity (Wildman–Crippen MR) is 79.3 cm³/mol. The highest BCUT2D eigenvalue weighted by Gasteiger charge is 2.04. The summed E-state index contributed by atoms with van der Waals surface area (Å²) in [4.78, 5) is 10.2. The Balaban J connectivity index is 0. The molecule has 8 heteroatoms. The van der Waals surface area contributed by atoms with Crippen LogP contribution < -0.4 is 10.6 Å². The Bertz CT molecular complexity index is 367. The third-order valence-corrected chi connectivity index (χ3v) is 2.22. The lowest BCUT2D eigenvalue weighted by molar-refractivity contribution is -0.384. The molecule has 1 aromatic carbocycles. The first-order chi connectivity index (χ1) is 8.24. The van der Waals surface area contributed by atoms with Crippen molar-refractivity contribution >= 4 is 30.5 Å². The standard InChI is InChI=1S/C11H17N3O3.2ClH/c15-7-6-12-4-5-13-9-10-2-1-3-11(8-10)14(16)17;;/h1-3,8,12-13,15H,4-7,9H2;2*1H. The van der Waals surface area contributed by atoms with Crippen LogP contribution in [0.25, 0.3) is 0 Å². The molecule has 1 rings (SSSR count). The molecule has 0 saturated carbocycles. The van der Waals surface area contributed by atoms with Crippen molar-refractivity contribution in [3.8, 4) is 0 Å². The van der Waals surface area contributed by atoms with Crippen molar-refractivity contribution in [2.24, 2.45) is 0 Å². The Labute approximate surface area is 124 Å². The summed E-state index contributed by atoms with van der Waals surface area (Å²) in [5, 5.41) is 25.3. The van der Waals surface area contributed by atoms with E-state index in [1.807, 2.05) is 6.07 Å². The number of benzene rings is 1. The maximum Gasteiger partial charge on any atom is 0.269 e. The van der Waals surface area contributed by atoms with Crippen molar-refractivity contribution in [3.05, 3.63) is 39.9 Å². The summed E-state index contributed by atoms with van der Waals surface area (Å²) in [5.74, 6) is 0. The third-order valence-electron chi connectivity index (χ3n) is 2.22. The van der Waals surface area contributed by atoms with Crippen LogP contribution in [0.1, 0.15) is 5.56 Å².